The van der Waals surface area contributed by atoms with E-state index in [0.29, 0.717) is 13.2 Å². The van der Waals surface area contributed by atoms with Gasteiger partial charge in [-0.3, -0.25) is 19.2 Å². The molecule has 1 aromatic heterocycles. The zero-order valence-corrected chi connectivity index (χ0v) is 24.3. The second kappa shape index (κ2) is 13.1. The summed E-state index contributed by atoms with van der Waals surface area (Å²) < 4.78 is 6.68. The first kappa shape index (κ1) is 28.6. The molecule has 0 radical (unpaired) electrons. The number of piperidine rings is 1. The lowest BCUT2D eigenvalue weighted by Gasteiger charge is -2.49. The second-order valence-corrected chi connectivity index (χ2v) is 11.5. The first-order chi connectivity index (χ1) is 20.0. The molecule has 1 unspecified atom stereocenters. The van der Waals surface area contributed by atoms with Crippen LogP contribution in [0.25, 0.3) is 6.08 Å². The molecule has 1 aliphatic rings. The van der Waals surface area contributed by atoms with E-state index in [1.54, 1.807) is 24.7 Å². The molecule has 7 heteroatoms. The maximum atomic E-state index is 12.3. The van der Waals surface area contributed by atoms with Gasteiger partial charge in [-0.2, -0.15) is 5.10 Å². The molecule has 5 rings (SSSR count). The van der Waals surface area contributed by atoms with Crippen LogP contribution >= 0.6 is 11.8 Å². The molecule has 2 heterocycles. The Bertz CT molecular complexity index is 1390. The number of aromatic nitrogens is 2. The molecule has 0 spiro atoms. The van der Waals surface area contributed by atoms with E-state index in [1.807, 2.05) is 6.07 Å². The van der Waals surface area contributed by atoms with Gasteiger partial charge in [0, 0.05) is 31.5 Å². The summed E-state index contributed by atoms with van der Waals surface area (Å²) in [7, 11) is 0. The van der Waals surface area contributed by atoms with Gasteiger partial charge in [0.25, 0.3) is 0 Å². The number of hydrogen-bond donors (Lipinski definition) is 0. The Labute approximate surface area is 246 Å². The minimum atomic E-state index is -0.544. The summed E-state index contributed by atoms with van der Waals surface area (Å²) in [4.78, 5) is 26.8. The molecule has 0 aliphatic carbocycles. The number of thioether (sulfide) groups is 1. The highest BCUT2D eigenvalue weighted by Gasteiger charge is 2.44. The van der Waals surface area contributed by atoms with Crippen molar-refractivity contribution in [1.29, 1.82) is 0 Å². The van der Waals surface area contributed by atoms with Crippen molar-refractivity contribution in [1.82, 2.24) is 14.7 Å². The smallest absolute Gasteiger partial charge is 0.327 e. The highest BCUT2D eigenvalue weighted by molar-refractivity contribution is 8.14. The Kier molecular flexibility index (Phi) is 9.17. The van der Waals surface area contributed by atoms with Crippen LogP contribution in [0.3, 0.4) is 0 Å². The van der Waals surface area contributed by atoms with E-state index in [-0.39, 0.29) is 22.9 Å². The number of hydrogen-bond acceptors (Lipinski definition) is 6. The summed E-state index contributed by atoms with van der Waals surface area (Å²) in [5.74, 6) is -0.318. The van der Waals surface area contributed by atoms with Crippen molar-refractivity contribution >= 4 is 28.9 Å². The fourth-order valence-corrected chi connectivity index (χ4v) is 6.69. The molecule has 4 aromatic rings. The fraction of sp³-hybridized carbons (Fsp3) is 0.265. The normalized spacial score (nSPS) is 16.9. The molecule has 1 fully saturated rings. The number of ether oxygens (including phenoxy) is 1. The van der Waals surface area contributed by atoms with Gasteiger partial charge >= 0.3 is 5.97 Å². The molecule has 1 saturated heterocycles. The lowest BCUT2D eigenvalue weighted by molar-refractivity contribution is -0.144. The van der Waals surface area contributed by atoms with Crippen LogP contribution in [-0.4, -0.2) is 50.7 Å². The lowest BCUT2D eigenvalue weighted by Crippen LogP contribution is -2.52. The van der Waals surface area contributed by atoms with Gasteiger partial charge in [-0.05, 0) is 47.8 Å². The van der Waals surface area contributed by atoms with Crippen LogP contribution in [0.15, 0.2) is 109 Å². The largest absolute Gasteiger partial charge is 0.465 e. The molecule has 6 nitrogen and oxygen atoms in total. The topological polar surface area (TPSA) is 64.4 Å². The first-order valence-electron chi connectivity index (χ1n) is 14.0. The van der Waals surface area contributed by atoms with E-state index in [0.717, 1.165) is 24.2 Å². The van der Waals surface area contributed by atoms with Crippen LogP contribution in [0.1, 0.15) is 42.7 Å². The van der Waals surface area contributed by atoms with Crippen LogP contribution in [0.2, 0.25) is 0 Å². The molecule has 3 aromatic carbocycles. The summed E-state index contributed by atoms with van der Waals surface area (Å²) in [5.41, 5.74) is 4.90. The molecule has 1 atom stereocenters. The summed E-state index contributed by atoms with van der Waals surface area (Å²) in [6, 6.07) is 33.9. The Hall–Kier alpha value is -3.94. The third-order valence-corrected chi connectivity index (χ3v) is 8.55. The van der Waals surface area contributed by atoms with Gasteiger partial charge in [-0.1, -0.05) is 103 Å². The standard InChI is InChI=1S/C34H35N3O3S/c1-3-40-33(39)25-37-22-19-31(35-37)23-27-24-36(21-20-32(27)41-26(2)38)34(28-13-7-4-8-14-28,29-15-9-5-10-16-29)30-17-11-6-12-18-30/h4-19,22-23,32H,3,20-21,24-25H2,1-2H3/b27-23-. The van der Waals surface area contributed by atoms with Gasteiger partial charge in [0.15, 0.2) is 5.12 Å². The van der Waals surface area contributed by atoms with E-state index in [1.165, 1.54) is 28.5 Å². The molecule has 0 amide bonds. The average Bonchev–Trinajstić information content (AvgIpc) is 3.42. The third kappa shape index (κ3) is 6.37. The molecule has 0 N–H and O–H groups in total. The van der Waals surface area contributed by atoms with E-state index in [2.05, 4.69) is 107 Å². The van der Waals surface area contributed by atoms with Crippen molar-refractivity contribution in [2.75, 3.05) is 19.7 Å². The lowest BCUT2D eigenvalue weighted by atomic mass is 9.74. The number of likely N-dealkylation sites (tertiary alicyclic amines) is 1. The third-order valence-electron chi connectivity index (χ3n) is 7.40. The van der Waals surface area contributed by atoms with Crippen molar-refractivity contribution in [3.63, 3.8) is 0 Å². The van der Waals surface area contributed by atoms with E-state index in [4.69, 9.17) is 4.74 Å². The van der Waals surface area contributed by atoms with Gasteiger partial charge in [0.1, 0.15) is 6.54 Å². The zero-order chi connectivity index (χ0) is 28.7. The zero-order valence-electron chi connectivity index (χ0n) is 23.5. The molecule has 0 bridgehead atoms. The van der Waals surface area contributed by atoms with Crippen LogP contribution in [-0.2, 0) is 26.4 Å². The maximum Gasteiger partial charge on any atom is 0.327 e. The molecule has 1 aliphatic heterocycles. The minimum absolute atomic E-state index is 0.0407. The second-order valence-electron chi connectivity index (χ2n) is 10.1. The SMILES string of the molecule is CCOC(=O)Cn1ccc(/C=C2/CN(C(c3ccccc3)(c3ccccc3)c3ccccc3)CCC2SC(C)=O)n1. The van der Waals surface area contributed by atoms with Crippen LogP contribution < -0.4 is 0 Å². The number of nitrogens with zero attached hydrogens (tertiary/aromatic N) is 3. The summed E-state index contributed by atoms with van der Waals surface area (Å²) >= 11 is 1.38. The van der Waals surface area contributed by atoms with E-state index < -0.39 is 5.54 Å². The number of esters is 1. The first-order valence-corrected chi connectivity index (χ1v) is 14.9. The van der Waals surface area contributed by atoms with Gasteiger partial charge in [0.2, 0.25) is 0 Å². The van der Waals surface area contributed by atoms with E-state index >= 15 is 0 Å². The van der Waals surface area contributed by atoms with Gasteiger partial charge in [-0.15, -0.1) is 0 Å². The summed E-state index contributed by atoms with van der Waals surface area (Å²) in [6.07, 6.45) is 4.69. The van der Waals surface area contributed by atoms with E-state index in [9.17, 15) is 9.59 Å². The molecular formula is C34H35N3O3S. The predicted octanol–water partition coefficient (Wildman–Crippen LogP) is 6.18. The summed E-state index contributed by atoms with van der Waals surface area (Å²) in [6.45, 7) is 5.27. The Morgan fingerprint density at radius 1 is 0.927 bits per heavy atom. The Morgan fingerprint density at radius 3 is 2.00 bits per heavy atom. The van der Waals surface area contributed by atoms with Crippen molar-refractivity contribution in [3.05, 3.63) is 131 Å². The van der Waals surface area contributed by atoms with Crippen molar-refractivity contribution in [2.45, 2.75) is 37.6 Å². The Morgan fingerprint density at radius 2 is 1.49 bits per heavy atom. The maximum absolute atomic E-state index is 12.3. The highest BCUT2D eigenvalue weighted by Crippen LogP contribution is 2.45. The highest BCUT2D eigenvalue weighted by atomic mass is 32.2. The number of benzene rings is 3. The van der Waals surface area contributed by atoms with Gasteiger partial charge in [-0.25, -0.2) is 0 Å². The van der Waals surface area contributed by atoms with Crippen molar-refractivity contribution < 1.29 is 14.3 Å². The molecule has 0 saturated carbocycles. The fourth-order valence-electron chi connectivity index (χ4n) is 5.78. The summed E-state index contributed by atoms with van der Waals surface area (Å²) in [5, 5.41) is 4.77. The number of carbonyl (C=O) groups excluding carboxylic acids is 2. The van der Waals surface area contributed by atoms with Crippen LogP contribution in [0, 0.1) is 0 Å². The number of rotatable bonds is 9. The monoisotopic (exact) mass is 565 g/mol. The van der Waals surface area contributed by atoms with Crippen molar-refractivity contribution in [2.24, 2.45) is 0 Å². The van der Waals surface area contributed by atoms with Crippen LogP contribution in [0.4, 0.5) is 0 Å². The van der Waals surface area contributed by atoms with Crippen LogP contribution in [0.5, 0.6) is 0 Å². The number of carbonyl (C=O) groups is 2. The molecule has 41 heavy (non-hydrogen) atoms. The predicted molar refractivity (Wildman–Crippen MR) is 164 cm³/mol. The van der Waals surface area contributed by atoms with Gasteiger partial charge < -0.3 is 4.74 Å². The quantitative estimate of drug-likeness (QED) is 0.179. The van der Waals surface area contributed by atoms with Crippen molar-refractivity contribution in [3.8, 4) is 0 Å². The Balaban J connectivity index is 1.60. The molecular weight excluding hydrogens is 530 g/mol. The minimum Gasteiger partial charge on any atom is -0.465 e. The molecule has 210 valence electrons. The average molecular weight is 566 g/mol. The van der Waals surface area contributed by atoms with Gasteiger partial charge in [0.05, 0.1) is 17.8 Å².